The van der Waals surface area contributed by atoms with Crippen molar-refractivity contribution in [3.05, 3.63) is 47.6 Å². The van der Waals surface area contributed by atoms with Crippen molar-refractivity contribution in [3.63, 3.8) is 0 Å². The van der Waals surface area contributed by atoms with E-state index in [9.17, 15) is 0 Å². The summed E-state index contributed by atoms with van der Waals surface area (Å²) in [5, 5.41) is 11.0. The summed E-state index contributed by atoms with van der Waals surface area (Å²) in [5.74, 6) is 2.77. The van der Waals surface area contributed by atoms with Crippen molar-refractivity contribution in [2.45, 2.75) is 77.3 Å². The molecule has 1 heterocycles. The van der Waals surface area contributed by atoms with E-state index in [1.807, 2.05) is 0 Å². The van der Waals surface area contributed by atoms with Crippen LogP contribution in [-0.4, -0.2) is 28.7 Å². The molecule has 0 saturated heterocycles. The lowest BCUT2D eigenvalue weighted by Crippen LogP contribution is -2.44. The molecule has 1 aliphatic rings. The average molecular weight is 384 g/mol. The van der Waals surface area contributed by atoms with Gasteiger partial charge in [-0.3, -0.25) is 0 Å². The van der Waals surface area contributed by atoms with E-state index in [0.717, 1.165) is 25.3 Å². The summed E-state index contributed by atoms with van der Waals surface area (Å²) < 4.78 is 5.35. The quantitative estimate of drug-likeness (QED) is 0.599. The van der Waals surface area contributed by atoms with Crippen LogP contribution in [0.2, 0.25) is 0 Å². The maximum Gasteiger partial charge on any atom is 0.232 e. The third-order valence-corrected chi connectivity index (χ3v) is 5.17. The first-order valence-corrected chi connectivity index (χ1v) is 10.4. The van der Waals surface area contributed by atoms with Gasteiger partial charge < -0.3 is 15.2 Å². The van der Waals surface area contributed by atoms with Gasteiger partial charge in [0.1, 0.15) is 6.54 Å². The lowest BCUT2D eigenvalue weighted by molar-refractivity contribution is 0.318. The fourth-order valence-corrected chi connectivity index (χ4v) is 3.58. The SMILES string of the molecule is CCNC(=NCc1noc(C(C)(C)C)n1)NC1CCC(c2ccccc2)CC1. The van der Waals surface area contributed by atoms with Crippen LogP contribution in [0.5, 0.6) is 0 Å². The molecule has 1 aliphatic carbocycles. The summed E-state index contributed by atoms with van der Waals surface area (Å²) in [4.78, 5) is 9.12. The summed E-state index contributed by atoms with van der Waals surface area (Å²) in [6.07, 6.45) is 4.72. The zero-order valence-corrected chi connectivity index (χ0v) is 17.5. The number of nitrogens with one attached hydrogen (secondary N) is 2. The zero-order chi connectivity index (χ0) is 20.0. The topological polar surface area (TPSA) is 75.3 Å². The maximum absolute atomic E-state index is 5.35. The minimum atomic E-state index is -0.144. The molecule has 2 aromatic rings. The molecule has 0 atom stereocenters. The lowest BCUT2D eigenvalue weighted by Gasteiger charge is -2.30. The minimum Gasteiger partial charge on any atom is -0.357 e. The molecule has 0 bridgehead atoms. The van der Waals surface area contributed by atoms with Gasteiger partial charge in [-0.2, -0.15) is 4.98 Å². The van der Waals surface area contributed by atoms with Crippen molar-refractivity contribution in [1.29, 1.82) is 0 Å². The average Bonchev–Trinajstić information content (AvgIpc) is 3.17. The van der Waals surface area contributed by atoms with Crippen LogP contribution in [0.15, 0.2) is 39.8 Å². The van der Waals surface area contributed by atoms with E-state index in [1.165, 1.54) is 18.4 Å². The number of aliphatic imine (C=N–C) groups is 1. The smallest absolute Gasteiger partial charge is 0.232 e. The predicted octanol–water partition coefficient (Wildman–Crippen LogP) is 4.15. The van der Waals surface area contributed by atoms with Gasteiger partial charge in [-0.15, -0.1) is 0 Å². The number of hydrogen-bond donors (Lipinski definition) is 2. The standard InChI is InChI=1S/C22H33N5O/c1-5-23-21(24-15-19-26-20(28-27-19)22(2,3)4)25-18-13-11-17(12-14-18)16-9-7-6-8-10-16/h6-10,17-18H,5,11-15H2,1-4H3,(H2,23,24,25). The molecular weight excluding hydrogens is 350 g/mol. The van der Waals surface area contributed by atoms with Crippen LogP contribution in [-0.2, 0) is 12.0 Å². The van der Waals surface area contributed by atoms with Crippen molar-refractivity contribution in [2.24, 2.45) is 4.99 Å². The molecule has 1 aromatic heterocycles. The number of aromatic nitrogens is 2. The molecule has 6 nitrogen and oxygen atoms in total. The molecule has 3 rings (SSSR count). The molecule has 0 spiro atoms. The summed E-state index contributed by atoms with van der Waals surface area (Å²) >= 11 is 0. The molecule has 0 unspecified atom stereocenters. The summed E-state index contributed by atoms with van der Waals surface area (Å²) in [6, 6.07) is 11.3. The third kappa shape index (κ3) is 5.57. The Morgan fingerprint density at radius 3 is 2.46 bits per heavy atom. The normalized spacial score (nSPS) is 20.8. The Morgan fingerprint density at radius 1 is 1.14 bits per heavy atom. The van der Waals surface area contributed by atoms with Crippen LogP contribution < -0.4 is 10.6 Å². The second-order valence-electron chi connectivity index (χ2n) is 8.56. The number of rotatable bonds is 5. The Kier molecular flexibility index (Phi) is 6.70. The van der Waals surface area contributed by atoms with E-state index < -0.39 is 0 Å². The maximum atomic E-state index is 5.35. The Labute approximate surface area is 168 Å². The third-order valence-electron chi connectivity index (χ3n) is 5.17. The van der Waals surface area contributed by atoms with E-state index in [2.05, 4.69) is 83.8 Å². The number of guanidine groups is 1. The molecule has 0 radical (unpaired) electrons. The Balaban J connectivity index is 1.54. The fraction of sp³-hybridized carbons (Fsp3) is 0.591. The van der Waals surface area contributed by atoms with Gasteiger partial charge in [0.25, 0.3) is 0 Å². The van der Waals surface area contributed by atoms with Crippen molar-refractivity contribution in [3.8, 4) is 0 Å². The van der Waals surface area contributed by atoms with Gasteiger partial charge >= 0.3 is 0 Å². The van der Waals surface area contributed by atoms with Crippen LogP contribution in [0.1, 0.15) is 76.6 Å². The number of benzene rings is 1. The van der Waals surface area contributed by atoms with Crippen LogP contribution in [0.3, 0.4) is 0 Å². The van der Waals surface area contributed by atoms with Gasteiger partial charge in [-0.1, -0.05) is 56.3 Å². The highest BCUT2D eigenvalue weighted by Crippen LogP contribution is 2.32. The minimum absolute atomic E-state index is 0.144. The van der Waals surface area contributed by atoms with Crippen LogP contribution in [0, 0.1) is 0 Å². The fourth-order valence-electron chi connectivity index (χ4n) is 3.58. The summed E-state index contributed by atoms with van der Waals surface area (Å²) in [6.45, 7) is 9.50. The zero-order valence-electron chi connectivity index (χ0n) is 17.5. The molecule has 0 aliphatic heterocycles. The summed E-state index contributed by atoms with van der Waals surface area (Å²) in [7, 11) is 0. The highest BCUT2D eigenvalue weighted by atomic mass is 16.5. The van der Waals surface area contributed by atoms with E-state index in [-0.39, 0.29) is 5.41 Å². The van der Waals surface area contributed by atoms with Crippen molar-refractivity contribution in [2.75, 3.05) is 6.54 Å². The second kappa shape index (κ2) is 9.22. The van der Waals surface area contributed by atoms with Gasteiger partial charge in [-0.05, 0) is 44.1 Å². The van der Waals surface area contributed by atoms with E-state index in [1.54, 1.807) is 0 Å². The van der Waals surface area contributed by atoms with E-state index in [0.29, 0.717) is 30.2 Å². The molecule has 1 saturated carbocycles. The van der Waals surface area contributed by atoms with Gasteiger partial charge in [-0.25, -0.2) is 4.99 Å². The first-order valence-electron chi connectivity index (χ1n) is 10.4. The summed E-state index contributed by atoms with van der Waals surface area (Å²) in [5.41, 5.74) is 1.32. The molecule has 152 valence electrons. The molecule has 1 aromatic carbocycles. The Morgan fingerprint density at radius 2 is 1.86 bits per heavy atom. The largest absolute Gasteiger partial charge is 0.357 e. The van der Waals surface area contributed by atoms with Gasteiger partial charge in [0.15, 0.2) is 11.8 Å². The van der Waals surface area contributed by atoms with Gasteiger partial charge in [0, 0.05) is 18.0 Å². The second-order valence-corrected chi connectivity index (χ2v) is 8.56. The van der Waals surface area contributed by atoms with Crippen LogP contribution >= 0.6 is 0 Å². The molecule has 1 fully saturated rings. The molecule has 2 N–H and O–H groups in total. The van der Waals surface area contributed by atoms with Crippen molar-refractivity contribution >= 4 is 5.96 Å². The van der Waals surface area contributed by atoms with E-state index in [4.69, 9.17) is 4.52 Å². The Hall–Kier alpha value is -2.37. The molecular formula is C22H33N5O. The van der Waals surface area contributed by atoms with Crippen molar-refractivity contribution < 1.29 is 4.52 Å². The van der Waals surface area contributed by atoms with E-state index >= 15 is 0 Å². The number of nitrogens with zero attached hydrogens (tertiary/aromatic N) is 3. The van der Waals surface area contributed by atoms with Gasteiger partial charge in [0.05, 0.1) is 0 Å². The Bertz CT molecular complexity index is 755. The number of hydrogen-bond acceptors (Lipinski definition) is 4. The lowest BCUT2D eigenvalue weighted by atomic mass is 9.82. The monoisotopic (exact) mass is 383 g/mol. The van der Waals surface area contributed by atoms with Crippen LogP contribution in [0.4, 0.5) is 0 Å². The van der Waals surface area contributed by atoms with Crippen molar-refractivity contribution in [1.82, 2.24) is 20.8 Å². The molecule has 0 amide bonds. The highest BCUT2D eigenvalue weighted by Gasteiger charge is 2.23. The van der Waals surface area contributed by atoms with Gasteiger partial charge in [0.2, 0.25) is 5.89 Å². The highest BCUT2D eigenvalue weighted by molar-refractivity contribution is 5.80. The predicted molar refractivity (Wildman–Crippen MR) is 112 cm³/mol. The van der Waals surface area contributed by atoms with Crippen LogP contribution in [0.25, 0.3) is 0 Å². The molecule has 28 heavy (non-hydrogen) atoms. The molecule has 6 heteroatoms. The first-order chi connectivity index (χ1) is 13.5. The first kappa shape index (κ1) is 20.4.